The number of para-hydroxylation sites is 1. The summed E-state index contributed by atoms with van der Waals surface area (Å²) >= 11 is 0. The largest absolute Gasteiger partial charge is 0.455 e. The van der Waals surface area contributed by atoms with Gasteiger partial charge in [0, 0.05) is 5.56 Å². The van der Waals surface area contributed by atoms with Crippen molar-refractivity contribution in [2.75, 3.05) is 5.43 Å². The van der Waals surface area contributed by atoms with Gasteiger partial charge in [0.15, 0.2) is 0 Å². The molecule has 1 aromatic heterocycles. The minimum absolute atomic E-state index is 0.265. The van der Waals surface area contributed by atoms with Gasteiger partial charge in [-0.25, -0.2) is 4.39 Å². The predicted octanol–water partition coefficient (Wildman–Crippen LogP) is 4.53. The second-order valence-corrected chi connectivity index (χ2v) is 4.44. The fourth-order valence-electron chi connectivity index (χ4n) is 1.87. The molecule has 3 rings (SSSR count). The van der Waals surface area contributed by atoms with Crippen molar-refractivity contribution >= 4 is 11.9 Å². The molecule has 21 heavy (non-hydrogen) atoms. The van der Waals surface area contributed by atoms with Crippen molar-refractivity contribution in [3.8, 4) is 11.3 Å². The molecule has 0 aliphatic heterocycles. The van der Waals surface area contributed by atoms with Gasteiger partial charge in [-0.1, -0.05) is 18.2 Å². The molecule has 0 amide bonds. The third-order valence-corrected chi connectivity index (χ3v) is 2.91. The summed E-state index contributed by atoms with van der Waals surface area (Å²) in [6, 6.07) is 19.4. The van der Waals surface area contributed by atoms with Crippen LogP contribution in [0, 0.1) is 5.82 Å². The Bertz CT molecular complexity index is 733. The average Bonchev–Trinajstić information content (AvgIpc) is 2.98. The molecule has 3 nitrogen and oxygen atoms in total. The van der Waals surface area contributed by atoms with Gasteiger partial charge in [-0.2, -0.15) is 5.10 Å². The number of hydrogen-bond donors (Lipinski definition) is 1. The van der Waals surface area contributed by atoms with E-state index in [1.54, 1.807) is 18.3 Å². The molecule has 0 saturated carbocycles. The SMILES string of the molecule is Fc1ccc(-c2ccc(/C=N\Nc3ccccc3)o2)cc1. The number of anilines is 1. The lowest BCUT2D eigenvalue weighted by Crippen LogP contribution is -1.88. The van der Waals surface area contributed by atoms with Crippen LogP contribution in [-0.4, -0.2) is 6.21 Å². The Morgan fingerprint density at radius 2 is 1.67 bits per heavy atom. The molecular weight excluding hydrogens is 267 g/mol. The van der Waals surface area contributed by atoms with Gasteiger partial charge in [-0.15, -0.1) is 0 Å². The van der Waals surface area contributed by atoms with Crippen LogP contribution in [0.3, 0.4) is 0 Å². The second kappa shape index (κ2) is 6.05. The molecule has 0 aliphatic carbocycles. The van der Waals surface area contributed by atoms with Gasteiger partial charge < -0.3 is 4.42 Å². The van der Waals surface area contributed by atoms with Crippen molar-refractivity contribution in [1.29, 1.82) is 0 Å². The minimum Gasteiger partial charge on any atom is -0.455 e. The van der Waals surface area contributed by atoms with E-state index in [2.05, 4.69) is 10.5 Å². The van der Waals surface area contributed by atoms with E-state index in [0.717, 1.165) is 11.3 Å². The van der Waals surface area contributed by atoms with Crippen molar-refractivity contribution in [1.82, 2.24) is 0 Å². The lowest BCUT2D eigenvalue weighted by Gasteiger charge is -1.97. The monoisotopic (exact) mass is 280 g/mol. The number of hydrazone groups is 1. The zero-order chi connectivity index (χ0) is 14.5. The van der Waals surface area contributed by atoms with Gasteiger partial charge in [0.05, 0.1) is 11.9 Å². The van der Waals surface area contributed by atoms with Crippen LogP contribution in [0.4, 0.5) is 10.1 Å². The number of rotatable bonds is 4. The molecule has 0 aliphatic rings. The molecule has 0 bridgehead atoms. The van der Waals surface area contributed by atoms with Crippen LogP contribution in [0.2, 0.25) is 0 Å². The van der Waals surface area contributed by atoms with Crippen LogP contribution >= 0.6 is 0 Å². The lowest BCUT2D eigenvalue weighted by atomic mass is 10.2. The van der Waals surface area contributed by atoms with E-state index in [1.165, 1.54) is 12.1 Å². The van der Waals surface area contributed by atoms with Gasteiger partial charge in [0.1, 0.15) is 17.3 Å². The zero-order valence-corrected chi connectivity index (χ0v) is 11.2. The highest BCUT2D eigenvalue weighted by Gasteiger charge is 2.03. The molecule has 0 radical (unpaired) electrons. The van der Waals surface area contributed by atoms with Crippen molar-refractivity contribution < 1.29 is 8.81 Å². The Kier molecular flexibility index (Phi) is 3.78. The Morgan fingerprint density at radius 3 is 2.43 bits per heavy atom. The molecule has 4 heteroatoms. The normalized spacial score (nSPS) is 10.9. The summed E-state index contributed by atoms with van der Waals surface area (Å²) in [5.41, 5.74) is 4.64. The molecule has 0 unspecified atom stereocenters. The molecule has 1 N–H and O–H groups in total. The van der Waals surface area contributed by atoms with E-state index in [9.17, 15) is 4.39 Å². The fourth-order valence-corrected chi connectivity index (χ4v) is 1.87. The van der Waals surface area contributed by atoms with Crippen molar-refractivity contribution in [3.63, 3.8) is 0 Å². The Hall–Kier alpha value is -2.88. The summed E-state index contributed by atoms with van der Waals surface area (Å²) < 4.78 is 18.5. The number of benzene rings is 2. The maximum Gasteiger partial charge on any atom is 0.147 e. The van der Waals surface area contributed by atoms with E-state index >= 15 is 0 Å². The molecule has 0 atom stereocenters. The smallest absolute Gasteiger partial charge is 0.147 e. The fraction of sp³-hybridized carbons (Fsp3) is 0. The number of halogens is 1. The summed E-state index contributed by atoms with van der Waals surface area (Å²) in [7, 11) is 0. The van der Waals surface area contributed by atoms with Gasteiger partial charge in [0.2, 0.25) is 0 Å². The first kappa shape index (κ1) is 13.1. The first-order chi connectivity index (χ1) is 10.3. The Balaban J connectivity index is 1.69. The van der Waals surface area contributed by atoms with E-state index in [0.29, 0.717) is 11.5 Å². The Labute approximate surface area is 121 Å². The maximum absolute atomic E-state index is 12.9. The highest BCUT2D eigenvalue weighted by atomic mass is 19.1. The number of nitrogens with one attached hydrogen (secondary N) is 1. The number of nitrogens with zero attached hydrogens (tertiary/aromatic N) is 1. The first-order valence-electron chi connectivity index (χ1n) is 6.51. The summed E-state index contributed by atoms with van der Waals surface area (Å²) in [6.07, 6.45) is 1.60. The van der Waals surface area contributed by atoms with E-state index in [-0.39, 0.29) is 5.82 Å². The quantitative estimate of drug-likeness (QED) is 0.563. The van der Waals surface area contributed by atoms with Crippen molar-refractivity contribution in [2.45, 2.75) is 0 Å². The number of furan rings is 1. The molecule has 104 valence electrons. The van der Waals surface area contributed by atoms with Gasteiger partial charge in [-0.05, 0) is 48.5 Å². The zero-order valence-electron chi connectivity index (χ0n) is 11.2. The van der Waals surface area contributed by atoms with Crippen LogP contribution in [0.25, 0.3) is 11.3 Å². The van der Waals surface area contributed by atoms with E-state index < -0.39 is 0 Å². The van der Waals surface area contributed by atoms with Crippen molar-refractivity contribution in [3.05, 3.63) is 78.3 Å². The molecule has 3 aromatic rings. The van der Waals surface area contributed by atoms with Crippen LogP contribution in [0.1, 0.15) is 5.76 Å². The molecule has 0 spiro atoms. The number of hydrogen-bond acceptors (Lipinski definition) is 3. The summed E-state index contributed by atoms with van der Waals surface area (Å²) in [5, 5.41) is 4.10. The van der Waals surface area contributed by atoms with E-state index in [4.69, 9.17) is 4.42 Å². The average molecular weight is 280 g/mol. The molecule has 0 fully saturated rings. The standard InChI is InChI=1S/C17H13FN2O/c18-14-8-6-13(7-9-14)17-11-10-16(21-17)12-19-20-15-4-2-1-3-5-15/h1-12,20H/b19-12-. The molecular formula is C17H13FN2O. The maximum atomic E-state index is 12.9. The van der Waals surface area contributed by atoms with Crippen molar-refractivity contribution in [2.24, 2.45) is 5.10 Å². The lowest BCUT2D eigenvalue weighted by molar-refractivity contribution is 0.574. The topological polar surface area (TPSA) is 37.5 Å². The first-order valence-corrected chi connectivity index (χ1v) is 6.51. The highest BCUT2D eigenvalue weighted by molar-refractivity contribution is 5.78. The van der Waals surface area contributed by atoms with Crippen LogP contribution in [-0.2, 0) is 0 Å². The predicted molar refractivity (Wildman–Crippen MR) is 81.8 cm³/mol. The molecule has 0 saturated heterocycles. The van der Waals surface area contributed by atoms with E-state index in [1.807, 2.05) is 42.5 Å². The van der Waals surface area contributed by atoms with Crippen LogP contribution in [0.5, 0.6) is 0 Å². The van der Waals surface area contributed by atoms with Gasteiger partial charge >= 0.3 is 0 Å². The van der Waals surface area contributed by atoms with Crippen LogP contribution in [0.15, 0.2) is 76.2 Å². The van der Waals surface area contributed by atoms with Gasteiger partial charge in [0.25, 0.3) is 0 Å². The summed E-state index contributed by atoms with van der Waals surface area (Å²) in [6.45, 7) is 0. The highest BCUT2D eigenvalue weighted by Crippen LogP contribution is 2.21. The third-order valence-electron chi connectivity index (χ3n) is 2.91. The summed E-state index contributed by atoms with van der Waals surface area (Å²) in [5.74, 6) is 1.04. The Morgan fingerprint density at radius 1 is 0.905 bits per heavy atom. The van der Waals surface area contributed by atoms with Gasteiger partial charge in [-0.3, -0.25) is 5.43 Å². The third kappa shape index (κ3) is 3.36. The summed E-state index contributed by atoms with van der Waals surface area (Å²) in [4.78, 5) is 0. The minimum atomic E-state index is -0.265. The van der Waals surface area contributed by atoms with Crippen LogP contribution < -0.4 is 5.43 Å². The second-order valence-electron chi connectivity index (χ2n) is 4.44. The molecule has 1 heterocycles. The molecule has 2 aromatic carbocycles.